The second kappa shape index (κ2) is 6.58. The summed E-state index contributed by atoms with van der Waals surface area (Å²) >= 11 is 5.90. The van der Waals surface area contributed by atoms with Gasteiger partial charge in [-0.1, -0.05) is 18.5 Å². The number of halogens is 1. The van der Waals surface area contributed by atoms with Crippen molar-refractivity contribution in [1.82, 2.24) is 20.6 Å². The summed E-state index contributed by atoms with van der Waals surface area (Å²) in [5.74, 6) is 0.223. The highest BCUT2D eigenvalue weighted by Crippen LogP contribution is 2.16. The van der Waals surface area contributed by atoms with Crippen molar-refractivity contribution in [2.24, 2.45) is 0 Å². The maximum Gasteiger partial charge on any atom is 0.242 e. The molecule has 0 aliphatic carbocycles. The molecule has 21 heavy (non-hydrogen) atoms. The Hall–Kier alpha value is -2.08. The van der Waals surface area contributed by atoms with Crippen LogP contribution in [-0.4, -0.2) is 27.8 Å². The fourth-order valence-corrected chi connectivity index (χ4v) is 2.02. The van der Waals surface area contributed by atoms with Gasteiger partial charge in [0.2, 0.25) is 11.8 Å². The number of aromatic amines is 1. The van der Waals surface area contributed by atoms with E-state index >= 15 is 0 Å². The molecule has 0 aliphatic rings. The molecule has 0 aliphatic heterocycles. The van der Waals surface area contributed by atoms with Crippen LogP contribution in [0.25, 0.3) is 11.0 Å². The Kier molecular flexibility index (Phi) is 4.80. The maximum absolute atomic E-state index is 11.8. The van der Waals surface area contributed by atoms with E-state index in [1.54, 1.807) is 26.0 Å². The summed E-state index contributed by atoms with van der Waals surface area (Å²) < 4.78 is 0. The van der Waals surface area contributed by atoms with Gasteiger partial charge in [0.15, 0.2) is 0 Å². The van der Waals surface area contributed by atoms with Crippen LogP contribution < -0.4 is 10.6 Å². The number of nitrogens with zero attached hydrogens (tertiary/aromatic N) is 1. The highest BCUT2D eigenvalue weighted by Gasteiger charge is 2.14. The number of carbonyl (C=O) groups excluding carboxylic acids is 2. The van der Waals surface area contributed by atoms with E-state index in [9.17, 15) is 9.59 Å². The molecule has 1 aromatic heterocycles. The van der Waals surface area contributed by atoms with Gasteiger partial charge in [0.1, 0.15) is 11.9 Å². The summed E-state index contributed by atoms with van der Waals surface area (Å²) in [5, 5.41) is 5.95. The highest BCUT2D eigenvalue weighted by atomic mass is 35.5. The average Bonchev–Trinajstić information content (AvgIpc) is 2.86. The molecule has 1 atom stereocenters. The molecule has 112 valence electrons. The van der Waals surface area contributed by atoms with Gasteiger partial charge in [0, 0.05) is 11.4 Å². The number of nitrogens with one attached hydrogen (secondary N) is 3. The number of amides is 2. The van der Waals surface area contributed by atoms with E-state index in [-0.39, 0.29) is 18.4 Å². The molecule has 0 spiro atoms. The third kappa shape index (κ3) is 3.95. The van der Waals surface area contributed by atoms with Crippen molar-refractivity contribution in [1.29, 1.82) is 0 Å². The van der Waals surface area contributed by atoms with Crippen LogP contribution >= 0.6 is 11.6 Å². The molecule has 2 rings (SSSR count). The fourth-order valence-electron chi connectivity index (χ4n) is 1.85. The summed E-state index contributed by atoms with van der Waals surface area (Å²) in [4.78, 5) is 30.5. The third-order valence-corrected chi connectivity index (χ3v) is 3.25. The number of carbonyl (C=O) groups is 2. The zero-order chi connectivity index (χ0) is 15.4. The van der Waals surface area contributed by atoms with E-state index in [1.807, 2.05) is 6.07 Å². The molecule has 0 bridgehead atoms. The molecule has 3 N–H and O–H groups in total. The zero-order valence-corrected chi connectivity index (χ0v) is 12.6. The first kappa shape index (κ1) is 15.3. The predicted molar refractivity (Wildman–Crippen MR) is 80.8 cm³/mol. The Bertz CT molecular complexity index is 668. The lowest BCUT2D eigenvalue weighted by Gasteiger charge is -2.12. The first-order chi connectivity index (χ1) is 9.99. The largest absolute Gasteiger partial charge is 0.347 e. The van der Waals surface area contributed by atoms with Gasteiger partial charge in [0.05, 0.1) is 17.6 Å². The standard InChI is InChI=1S/C14H17ClN4O2/c1-3-13(20)17-8(2)14(21)16-7-12-18-10-5-4-9(15)6-11(10)19-12/h4-6,8H,3,7H2,1-2H3,(H,16,21)(H,17,20)(H,18,19)/t8-/m1/s1. The van der Waals surface area contributed by atoms with Crippen molar-refractivity contribution in [2.75, 3.05) is 0 Å². The Balaban J connectivity index is 1.94. The van der Waals surface area contributed by atoms with Gasteiger partial charge in [0.25, 0.3) is 0 Å². The minimum atomic E-state index is -0.573. The first-order valence-corrected chi connectivity index (χ1v) is 7.08. The monoisotopic (exact) mass is 308 g/mol. The maximum atomic E-state index is 11.8. The SMILES string of the molecule is CCC(=O)N[C@H](C)C(=O)NCc1nc2ccc(Cl)cc2[nH]1. The van der Waals surface area contributed by atoms with E-state index in [2.05, 4.69) is 20.6 Å². The minimum Gasteiger partial charge on any atom is -0.347 e. The summed E-state index contributed by atoms with van der Waals surface area (Å²) in [5.41, 5.74) is 1.61. The molecule has 0 radical (unpaired) electrons. The molecule has 0 fully saturated rings. The molecular weight excluding hydrogens is 292 g/mol. The van der Waals surface area contributed by atoms with Crippen LogP contribution in [-0.2, 0) is 16.1 Å². The van der Waals surface area contributed by atoms with Crippen LogP contribution in [0.15, 0.2) is 18.2 Å². The Morgan fingerprint density at radius 3 is 2.90 bits per heavy atom. The second-order valence-corrected chi connectivity index (χ2v) is 5.14. The van der Waals surface area contributed by atoms with Crippen LogP contribution in [0.1, 0.15) is 26.1 Å². The van der Waals surface area contributed by atoms with Gasteiger partial charge in [-0.25, -0.2) is 4.98 Å². The lowest BCUT2D eigenvalue weighted by Crippen LogP contribution is -2.44. The van der Waals surface area contributed by atoms with E-state index < -0.39 is 6.04 Å². The first-order valence-electron chi connectivity index (χ1n) is 6.70. The van der Waals surface area contributed by atoms with Crippen molar-refractivity contribution in [3.8, 4) is 0 Å². The van der Waals surface area contributed by atoms with Crippen LogP contribution in [0.2, 0.25) is 5.02 Å². The number of fused-ring (bicyclic) bond motifs is 1. The second-order valence-electron chi connectivity index (χ2n) is 4.71. The van der Waals surface area contributed by atoms with E-state index in [0.717, 1.165) is 11.0 Å². The molecule has 0 unspecified atom stereocenters. The minimum absolute atomic E-state index is 0.156. The summed E-state index contributed by atoms with van der Waals surface area (Å²) in [6.07, 6.45) is 0.349. The van der Waals surface area contributed by atoms with Gasteiger partial charge in [-0.05, 0) is 25.1 Å². The lowest BCUT2D eigenvalue weighted by atomic mass is 10.3. The average molecular weight is 309 g/mol. The van der Waals surface area contributed by atoms with Gasteiger partial charge in [-0.15, -0.1) is 0 Å². The summed E-state index contributed by atoms with van der Waals surface area (Å²) in [7, 11) is 0. The van der Waals surface area contributed by atoms with Crippen molar-refractivity contribution < 1.29 is 9.59 Å². The Morgan fingerprint density at radius 2 is 2.19 bits per heavy atom. The quantitative estimate of drug-likeness (QED) is 0.786. The normalized spacial score (nSPS) is 12.1. The zero-order valence-electron chi connectivity index (χ0n) is 11.9. The predicted octanol–water partition coefficient (Wildman–Crippen LogP) is 1.75. The van der Waals surface area contributed by atoms with Crippen LogP contribution in [0.5, 0.6) is 0 Å². The van der Waals surface area contributed by atoms with Crippen LogP contribution in [0, 0.1) is 0 Å². The fraction of sp³-hybridized carbons (Fsp3) is 0.357. The highest BCUT2D eigenvalue weighted by molar-refractivity contribution is 6.31. The van der Waals surface area contributed by atoms with Crippen LogP contribution in [0.3, 0.4) is 0 Å². The molecule has 1 aromatic carbocycles. The third-order valence-electron chi connectivity index (χ3n) is 3.01. The van der Waals surface area contributed by atoms with Crippen molar-refractivity contribution >= 4 is 34.4 Å². The van der Waals surface area contributed by atoms with Gasteiger partial charge >= 0.3 is 0 Å². The molecule has 2 amide bonds. The molecule has 2 aromatic rings. The number of H-pyrrole nitrogens is 1. The number of aromatic nitrogens is 2. The van der Waals surface area contributed by atoms with Gasteiger partial charge in [-0.2, -0.15) is 0 Å². The summed E-state index contributed by atoms with van der Waals surface area (Å²) in [6.45, 7) is 3.64. The summed E-state index contributed by atoms with van der Waals surface area (Å²) in [6, 6.07) is 4.77. The molecule has 1 heterocycles. The van der Waals surface area contributed by atoms with E-state index in [4.69, 9.17) is 11.6 Å². The van der Waals surface area contributed by atoms with E-state index in [0.29, 0.717) is 17.3 Å². The van der Waals surface area contributed by atoms with Crippen molar-refractivity contribution in [3.05, 3.63) is 29.0 Å². The van der Waals surface area contributed by atoms with E-state index in [1.165, 1.54) is 0 Å². The molecule has 7 heteroatoms. The van der Waals surface area contributed by atoms with Crippen molar-refractivity contribution in [3.63, 3.8) is 0 Å². The number of rotatable bonds is 5. The van der Waals surface area contributed by atoms with Gasteiger partial charge < -0.3 is 15.6 Å². The Morgan fingerprint density at radius 1 is 1.43 bits per heavy atom. The number of hydrogen-bond acceptors (Lipinski definition) is 3. The van der Waals surface area contributed by atoms with Gasteiger partial charge in [-0.3, -0.25) is 9.59 Å². The topological polar surface area (TPSA) is 86.9 Å². The lowest BCUT2D eigenvalue weighted by molar-refractivity contribution is -0.128. The Labute approximate surface area is 127 Å². The molecule has 6 nitrogen and oxygen atoms in total. The smallest absolute Gasteiger partial charge is 0.242 e. The number of benzene rings is 1. The molecule has 0 saturated heterocycles. The molecule has 0 saturated carbocycles. The van der Waals surface area contributed by atoms with Crippen LogP contribution in [0.4, 0.5) is 0 Å². The van der Waals surface area contributed by atoms with Crippen molar-refractivity contribution in [2.45, 2.75) is 32.9 Å². The number of hydrogen-bond donors (Lipinski definition) is 3. The number of imidazole rings is 1. The molecular formula is C14H17ClN4O2.